The first-order valence-corrected chi connectivity index (χ1v) is 36.6. The van der Waals surface area contributed by atoms with Crippen LogP contribution in [0.2, 0.25) is 0 Å². The van der Waals surface area contributed by atoms with Gasteiger partial charge in [0.05, 0.1) is 11.2 Å². The molecule has 2 aromatic heterocycles. The largest absolute Gasteiger partial charge is 0.497 e. The Bertz CT molecular complexity index is 2860. The number of halogens is 2. The summed E-state index contributed by atoms with van der Waals surface area (Å²) in [7, 11) is -2.74. The standard InChI is InChI=1S/C74H116B2F2N4O6/c1-9-13-17-21-25-29-33-37-41-45-49-73(50-46-42-38-34-30-26-22-18-14-10-2)55-53-57(75(83)84)67-69(81-87-79-67)59(55)61-63(73)66(78)62-60-56(54-58(68-70(60)82-88-80-68)76-85-71(5,6)72(7,8)86-76)74(64(62)65(61)77,51-47-43-39-35-31-27-23-19-15-11-3)52-48-44-40-36-32-28-24-20-16-12-4/h53-54,83-84H,9-52H2,1-8H3. The average Bonchev–Trinajstić information content (AvgIpc) is 1.50. The Morgan fingerprint density at radius 1 is 0.375 bits per heavy atom. The lowest BCUT2D eigenvalue weighted by atomic mass is 9.66. The average molecular weight is 1220 g/mol. The zero-order valence-electron chi connectivity index (χ0n) is 56.5. The van der Waals surface area contributed by atoms with E-state index < -0.39 is 47.9 Å². The number of rotatable bonds is 46. The molecule has 3 heterocycles. The number of benzene rings is 3. The number of nitrogens with zero attached hydrogens (tertiary/aromatic N) is 4. The predicted molar refractivity (Wildman–Crippen MR) is 361 cm³/mol. The number of hydrogen-bond donors (Lipinski definition) is 2. The quantitative estimate of drug-likeness (QED) is 0.0286. The molecule has 0 spiro atoms. The van der Waals surface area contributed by atoms with Crippen LogP contribution in [0.15, 0.2) is 21.4 Å². The third-order valence-electron chi connectivity index (χ3n) is 21.6. The van der Waals surface area contributed by atoms with E-state index in [1.165, 1.54) is 154 Å². The molecule has 1 saturated heterocycles. The molecule has 88 heavy (non-hydrogen) atoms. The van der Waals surface area contributed by atoms with Crippen molar-refractivity contribution in [3.05, 3.63) is 46.0 Å². The van der Waals surface area contributed by atoms with Crippen LogP contribution < -0.4 is 10.9 Å². The van der Waals surface area contributed by atoms with Crippen molar-refractivity contribution in [3.63, 3.8) is 0 Å². The van der Waals surface area contributed by atoms with Crippen LogP contribution in [0.1, 0.15) is 360 Å². The molecule has 0 bridgehead atoms. The molecule has 3 aliphatic rings. The number of hydrogen-bond acceptors (Lipinski definition) is 10. The van der Waals surface area contributed by atoms with E-state index in [0.29, 0.717) is 70.0 Å². The van der Waals surface area contributed by atoms with Gasteiger partial charge in [-0.2, -0.15) is 0 Å². The Balaban J connectivity index is 1.29. The Labute approximate surface area is 531 Å². The van der Waals surface area contributed by atoms with Gasteiger partial charge in [-0.15, -0.1) is 0 Å². The molecule has 10 nitrogen and oxygen atoms in total. The summed E-state index contributed by atoms with van der Waals surface area (Å²) < 4.78 is 65.4. The molecule has 0 atom stereocenters. The first kappa shape index (κ1) is 70.2. The molecule has 8 rings (SSSR count). The smallest absolute Gasteiger partial charge is 0.423 e. The van der Waals surface area contributed by atoms with Crippen molar-refractivity contribution in [1.29, 1.82) is 0 Å². The molecule has 0 saturated carbocycles. The van der Waals surface area contributed by atoms with Crippen LogP contribution in [-0.2, 0) is 20.1 Å². The van der Waals surface area contributed by atoms with Gasteiger partial charge in [-0.05, 0) is 74.8 Å². The molecular weight excluding hydrogens is 1100 g/mol. The van der Waals surface area contributed by atoms with Crippen molar-refractivity contribution in [2.45, 2.75) is 360 Å². The lowest BCUT2D eigenvalue weighted by molar-refractivity contribution is 0.00578. The summed E-state index contributed by atoms with van der Waals surface area (Å²) in [6, 6.07) is 3.93. The fourth-order valence-electron chi connectivity index (χ4n) is 15.8. The summed E-state index contributed by atoms with van der Waals surface area (Å²) in [5.74, 6) is -0.862. The van der Waals surface area contributed by atoms with Gasteiger partial charge in [0.15, 0.2) is 0 Å². The van der Waals surface area contributed by atoms with Crippen molar-refractivity contribution in [2.24, 2.45) is 0 Å². The second kappa shape index (κ2) is 34.3. The number of fused-ring (bicyclic) bond motifs is 10. The monoisotopic (exact) mass is 1220 g/mol. The van der Waals surface area contributed by atoms with Gasteiger partial charge in [0.1, 0.15) is 33.7 Å². The van der Waals surface area contributed by atoms with Crippen molar-refractivity contribution in [1.82, 2.24) is 20.6 Å². The van der Waals surface area contributed by atoms with Gasteiger partial charge >= 0.3 is 14.2 Å². The van der Waals surface area contributed by atoms with E-state index in [4.69, 9.17) is 23.7 Å². The van der Waals surface area contributed by atoms with E-state index in [9.17, 15) is 10.0 Å². The molecule has 0 amide bonds. The molecule has 488 valence electrons. The minimum atomic E-state index is -1.91. The highest BCUT2D eigenvalue weighted by Gasteiger charge is 2.57. The molecule has 1 fully saturated rings. The zero-order valence-corrected chi connectivity index (χ0v) is 56.5. The number of aromatic nitrogens is 4. The molecule has 5 aromatic rings. The molecule has 2 N–H and O–H groups in total. The van der Waals surface area contributed by atoms with Gasteiger partial charge < -0.3 is 19.4 Å². The van der Waals surface area contributed by atoms with Gasteiger partial charge in [-0.3, -0.25) is 0 Å². The van der Waals surface area contributed by atoms with Crippen LogP contribution in [-0.4, -0.2) is 56.1 Å². The first-order chi connectivity index (χ1) is 42.7. The molecular formula is C74H116B2F2N4O6. The van der Waals surface area contributed by atoms with Crippen molar-refractivity contribution in [3.8, 4) is 22.3 Å². The van der Waals surface area contributed by atoms with E-state index in [2.05, 4.69) is 49.2 Å². The predicted octanol–water partition coefficient (Wildman–Crippen LogP) is 20.8. The Morgan fingerprint density at radius 3 is 0.966 bits per heavy atom. The minimum absolute atomic E-state index is 0.138. The van der Waals surface area contributed by atoms with Crippen LogP contribution >= 0.6 is 0 Å². The van der Waals surface area contributed by atoms with Crippen LogP contribution in [0.5, 0.6) is 0 Å². The maximum absolute atomic E-state index is 20.2. The second-order valence-electron chi connectivity index (χ2n) is 28.7. The highest BCUT2D eigenvalue weighted by molar-refractivity contribution is 6.65. The van der Waals surface area contributed by atoms with E-state index in [1.54, 1.807) is 6.07 Å². The Hall–Kier alpha value is -3.71. The summed E-state index contributed by atoms with van der Waals surface area (Å²) in [4.78, 5) is 0. The third kappa shape index (κ3) is 16.2. The summed E-state index contributed by atoms with van der Waals surface area (Å²) >= 11 is 0. The van der Waals surface area contributed by atoms with Crippen molar-refractivity contribution in [2.75, 3.05) is 0 Å². The first-order valence-electron chi connectivity index (χ1n) is 36.6. The second-order valence-corrected chi connectivity index (χ2v) is 28.7. The van der Waals surface area contributed by atoms with Gasteiger partial charge in [0.25, 0.3) is 0 Å². The molecule has 2 aliphatic carbocycles. The molecule has 14 heteroatoms. The Kier molecular flexibility index (Phi) is 27.3. The maximum Gasteiger partial charge on any atom is 0.497 e. The van der Waals surface area contributed by atoms with Crippen LogP contribution in [0.25, 0.3) is 44.3 Å². The van der Waals surface area contributed by atoms with Crippen LogP contribution in [0.3, 0.4) is 0 Å². The highest BCUT2D eigenvalue weighted by Crippen LogP contribution is 2.65. The summed E-state index contributed by atoms with van der Waals surface area (Å²) in [5.41, 5.74) is 2.49. The lowest BCUT2D eigenvalue weighted by Crippen LogP contribution is -2.41. The van der Waals surface area contributed by atoms with Gasteiger partial charge in [-0.1, -0.05) is 307 Å². The summed E-state index contributed by atoms with van der Waals surface area (Å²) in [5, 5.41) is 40.5. The SMILES string of the molecule is CCCCCCCCCCCCC1(CCCCCCCCCCCC)c2cc(B(O)O)c3nonc3c2-c2c(F)c3c(c(F)c21)-c1c(cc(B2OC(C)(C)C(C)(C)O2)c2nonc12)C3(CCCCCCCCCCCC)CCCCCCCCCCCC. The van der Waals surface area contributed by atoms with E-state index in [0.717, 1.165) is 108 Å². The van der Waals surface area contributed by atoms with Crippen molar-refractivity contribution < 1.29 is 37.4 Å². The maximum atomic E-state index is 20.2. The highest BCUT2D eigenvalue weighted by atomic mass is 19.1. The minimum Gasteiger partial charge on any atom is -0.423 e. The normalized spacial score (nSPS) is 15.9. The van der Waals surface area contributed by atoms with Gasteiger partial charge in [0, 0.05) is 55.1 Å². The van der Waals surface area contributed by atoms with Crippen LogP contribution in [0, 0.1) is 11.6 Å². The molecule has 0 radical (unpaired) electrons. The van der Waals surface area contributed by atoms with Crippen molar-refractivity contribution >= 4 is 47.2 Å². The number of unbranched alkanes of at least 4 members (excludes halogenated alkanes) is 36. The summed E-state index contributed by atoms with van der Waals surface area (Å²) in [6.07, 6.45) is 48.4. The van der Waals surface area contributed by atoms with E-state index >= 15 is 8.78 Å². The van der Waals surface area contributed by atoms with Gasteiger partial charge in [0.2, 0.25) is 0 Å². The van der Waals surface area contributed by atoms with E-state index in [1.807, 2.05) is 27.7 Å². The van der Waals surface area contributed by atoms with Crippen LogP contribution in [0.4, 0.5) is 8.78 Å². The topological polar surface area (TPSA) is 137 Å². The zero-order chi connectivity index (χ0) is 62.6. The summed E-state index contributed by atoms with van der Waals surface area (Å²) in [6.45, 7) is 17.2. The molecule has 3 aromatic carbocycles. The fraction of sp³-hybridized carbons (Fsp3) is 0.757. The fourth-order valence-corrected chi connectivity index (χ4v) is 15.8. The van der Waals surface area contributed by atoms with Gasteiger partial charge in [-0.25, -0.2) is 18.0 Å². The molecule has 0 unspecified atom stereocenters. The Morgan fingerprint density at radius 2 is 0.648 bits per heavy atom. The lowest BCUT2D eigenvalue weighted by Gasteiger charge is -2.35. The third-order valence-corrected chi connectivity index (χ3v) is 21.6. The van der Waals surface area contributed by atoms with E-state index in [-0.39, 0.29) is 27.6 Å². The molecule has 1 aliphatic heterocycles.